The van der Waals surface area contributed by atoms with Gasteiger partial charge in [0.15, 0.2) is 0 Å². The lowest BCUT2D eigenvalue weighted by Crippen LogP contribution is -2.42. The molecule has 0 fully saturated rings. The highest BCUT2D eigenvalue weighted by Gasteiger charge is 2.33. The fraction of sp³-hybridized carbons (Fsp3) is 0.650. The van der Waals surface area contributed by atoms with E-state index in [0.29, 0.717) is 13.2 Å². The summed E-state index contributed by atoms with van der Waals surface area (Å²) in [6, 6.07) is 7.48. The molecule has 0 saturated carbocycles. The lowest BCUT2D eigenvalue weighted by atomic mass is 9.96. The smallest absolute Gasteiger partial charge is 0.256 e. The van der Waals surface area contributed by atoms with Crippen molar-refractivity contribution in [2.45, 2.75) is 52.1 Å². The molecule has 1 N–H and O–H groups in total. The van der Waals surface area contributed by atoms with Gasteiger partial charge in [-0.2, -0.15) is 0 Å². The molecule has 1 atom stereocenters. The minimum absolute atomic E-state index is 0.0910. The Balaban J connectivity index is 2.60. The molecule has 1 aromatic carbocycles. The molecule has 25 heavy (non-hydrogen) atoms. The molecule has 0 bridgehead atoms. The molecule has 1 amide bonds. The number of hydrogen-bond acceptors (Lipinski definition) is 4. The highest BCUT2D eigenvalue weighted by Crippen LogP contribution is 2.23. The van der Waals surface area contributed by atoms with Gasteiger partial charge in [0.2, 0.25) is 0 Å². The topological polar surface area (TPSA) is 50.8 Å². The van der Waals surface area contributed by atoms with E-state index in [9.17, 15) is 4.79 Å². The largest absolute Gasteiger partial charge is 0.492 e. The normalized spacial score (nSPS) is 13.5. The van der Waals surface area contributed by atoms with Gasteiger partial charge in [-0.15, -0.1) is 0 Å². The summed E-state index contributed by atoms with van der Waals surface area (Å²) in [6.07, 6.45) is 3.94. The van der Waals surface area contributed by atoms with Gasteiger partial charge >= 0.3 is 0 Å². The first-order valence-corrected chi connectivity index (χ1v) is 9.24. The van der Waals surface area contributed by atoms with Gasteiger partial charge in [0.25, 0.3) is 5.91 Å². The van der Waals surface area contributed by atoms with E-state index in [2.05, 4.69) is 17.1 Å². The van der Waals surface area contributed by atoms with E-state index in [1.807, 2.05) is 52.2 Å². The first-order chi connectivity index (χ1) is 11.9. The number of anilines is 1. The van der Waals surface area contributed by atoms with Gasteiger partial charge in [-0.1, -0.05) is 26.2 Å². The summed E-state index contributed by atoms with van der Waals surface area (Å²) in [5.41, 5.74) is -0.0310. The number of likely N-dealkylation sites (N-methyl/N-ethyl adjacent to an activating group) is 1. The Morgan fingerprint density at radius 3 is 2.40 bits per heavy atom. The van der Waals surface area contributed by atoms with Crippen LogP contribution < -0.4 is 10.1 Å². The van der Waals surface area contributed by atoms with Crippen LogP contribution in [0, 0.1) is 0 Å². The number of carbonyl (C=O) groups is 1. The van der Waals surface area contributed by atoms with Crippen molar-refractivity contribution in [3.63, 3.8) is 0 Å². The zero-order chi connectivity index (χ0) is 18.7. The molecule has 142 valence electrons. The molecule has 5 nitrogen and oxygen atoms in total. The second kappa shape index (κ2) is 11.1. The second-order valence-corrected chi connectivity index (χ2v) is 6.75. The van der Waals surface area contributed by atoms with Gasteiger partial charge in [-0.3, -0.25) is 4.79 Å². The highest BCUT2D eigenvalue weighted by molar-refractivity contribution is 5.97. The Morgan fingerprint density at radius 1 is 1.16 bits per heavy atom. The van der Waals surface area contributed by atoms with Crippen LogP contribution in [0.2, 0.25) is 0 Å². The van der Waals surface area contributed by atoms with Crippen LogP contribution >= 0.6 is 0 Å². The summed E-state index contributed by atoms with van der Waals surface area (Å²) in [6.45, 7) is 7.97. The van der Waals surface area contributed by atoms with E-state index in [4.69, 9.17) is 9.47 Å². The molecular weight excluding hydrogens is 316 g/mol. The summed E-state index contributed by atoms with van der Waals surface area (Å²) in [5, 5.41) is 2.97. The summed E-state index contributed by atoms with van der Waals surface area (Å²) in [4.78, 5) is 14.7. The Labute approximate surface area is 152 Å². The minimum Gasteiger partial charge on any atom is -0.492 e. The summed E-state index contributed by atoms with van der Waals surface area (Å²) >= 11 is 0. The molecule has 1 rings (SSSR count). The molecule has 0 heterocycles. The van der Waals surface area contributed by atoms with Gasteiger partial charge in [0, 0.05) is 18.8 Å². The number of hydrogen-bond donors (Lipinski definition) is 1. The monoisotopic (exact) mass is 350 g/mol. The summed E-state index contributed by atoms with van der Waals surface area (Å²) < 4.78 is 11.4. The molecule has 0 aliphatic rings. The maximum Gasteiger partial charge on any atom is 0.256 e. The van der Waals surface area contributed by atoms with Crippen molar-refractivity contribution in [2.24, 2.45) is 0 Å². The third-order valence-electron chi connectivity index (χ3n) is 4.12. The zero-order valence-corrected chi connectivity index (χ0v) is 16.4. The number of unbranched alkanes of at least 4 members (excludes halogenated alkanes) is 2. The van der Waals surface area contributed by atoms with E-state index in [1.165, 1.54) is 0 Å². The van der Waals surface area contributed by atoms with Crippen LogP contribution in [0.1, 0.15) is 46.5 Å². The fourth-order valence-corrected chi connectivity index (χ4v) is 2.53. The van der Waals surface area contributed by atoms with Crippen LogP contribution in [-0.4, -0.2) is 50.3 Å². The van der Waals surface area contributed by atoms with E-state index in [1.54, 1.807) is 0 Å². The Bertz CT molecular complexity index is 502. The van der Waals surface area contributed by atoms with Crippen LogP contribution in [0.15, 0.2) is 24.3 Å². The lowest BCUT2D eigenvalue weighted by Gasteiger charge is -2.28. The van der Waals surface area contributed by atoms with Crippen LogP contribution in [-0.2, 0) is 9.53 Å². The van der Waals surface area contributed by atoms with Crippen molar-refractivity contribution in [3.05, 3.63) is 24.3 Å². The quantitative estimate of drug-likeness (QED) is 0.580. The molecule has 0 aromatic heterocycles. The van der Waals surface area contributed by atoms with Crippen LogP contribution in [0.25, 0.3) is 0 Å². The maximum absolute atomic E-state index is 12.7. The summed E-state index contributed by atoms with van der Waals surface area (Å²) in [5.74, 6) is 0.710. The number of nitrogens with one attached hydrogen (secondary N) is 1. The Morgan fingerprint density at radius 2 is 1.84 bits per heavy atom. The first kappa shape index (κ1) is 21.5. The highest BCUT2D eigenvalue weighted by atomic mass is 16.5. The van der Waals surface area contributed by atoms with E-state index < -0.39 is 5.60 Å². The van der Waals surface area contributed by atoms with Crippen molar-refractivity contribution in [1.29, 1.82) is 0 Å². The van der Waals surface area contributed by atoms with Crippen LogP contribution in [0.3, 0.4) is 0 Å². The molecule has 0 aliphatic carbocycles. The van der Waals surface area contributed by atoms with E-state index >= 15 is 0 Å². The second-order valence-electron chi connectivity index (χ2n) is 6.75. The zero-order valence-electron chi connectivity index (χ0n) is 16.4. The lowest BCUT2D eigenvalue weighted by molar-refractivity contribution is -0.139. The number of rotatable bonds is 12. The predicted molar refractivity (Wildman–Crippen MR) is 103 cm³/mol. The van der Waals surface area contributed by atoms with Gasteiger partial charge < -0.3 is 19.7 Å². The van der Waals surface area contributed by atoms with Gasteiger partial charge in [-0.25, -0.2) is 0 Å². The molecule has 0 unspecified atom stereocenters. The molecular formula is C20H34N2O3. The molecule has 0 aliphatic heterocycles. The molecule has 0 saturated heterocycles. The van der Waals surface area contributed by atoms with Crippen molar-refractivity contribution in [3.8, 4) is 5.75 Å². The number of nitrogens with zero attached hydrogens (tertiary/aromatic N) is 1. The van der Waals surface area contributed by atoms with Gasteiger partial charge in [0.1, 0.15) is 18.0 Å². The fourth-order valence-electron chi connectivity index (χ4n) is 2.53. The standard InChI is InChI=1S/C20H34N2O3/c1-6-8-9-14-20(3,25-7-2)19(23)21-17-10-12-18(13-11-17)24-16-15-22(4)5/h10-13H,6-9,14-16H2,1-5H3,(H,21,23)/t20-/m0/s1. The predicted octanol–water partition coefficient (Wildman–Crippen LogP) is 3.94. The maximum atomic E-state index is 12.7. The van der Waals surface area contributed by atoms with Crippen molar-refractivity contribution in [2.75, 3.05) is 39.2 Å². The molecule has 5 heteroatoms. The molecule has 1 aromatic rings. The molecule has 0 radical (unpaired) electrons. The van der Waals surface area contributed by atoms with Gasteiger partial charge in [0.05, 0.1) is 0 Å². The van der Waals surface area contributed by atoms with Crippen molar-refractivity contribution in [1.82, 2.24) is 4.90 Å². The van der Waals surface area contributed by atoms with Crippen LogP contribution in [0.4, 0.5) is 5.69 Å². The minimum atomic E-state index is -0.787. The molecule has 0 spiro atoms. The number of amides is 1. The van der Waals surface area contributed by atoms with E-state index in [-0.39, 0.29) is 5.91 Å². The average Bonchev–Trinajstić information content (AvgIpc) is 2.56. The number of benzene rings is 1. The number of ether oxygens (including phenoxy) is 2. The van der Waals surface area contributed by atoms with Gasteiger partial charge in [-0.05, 0) is 58.6 Å². The average molecular weight is 351 g/mol. The van der Waals surface area contributed by atoms with Crippen molar-refractivity contribution < 1.29 is 14.3 Å². The number of carbonyl (C=O) groups excluding carboxylic acids is 1. The van der Waals surface area contributed by atoms with Crippen LogP contribution in [0.5, 0.6) is 5.75 Å². The van der Waals surface area contributed by atoms with E-state index in [0.717, 1.165) is 43.7 Å². The Kier molecular flexibility index (Phi) is 9.53. The van der Waals surface area contributed by atoms with Crippen molar-refractivity contribution >= 4 is 11.6 Å². The summed E-state index contributed by atoms with van der Waals surface area (Å²) in [7, 11) is 4.02. The first-order valence-electron chi connectivity index (χ1n) is 9.24. The Hall–Kier alpha value is -1.59. The SMILES string of the molecule is CCCCC[C@](C)(OCC)C(=O)Nc1ccc(OCCN(C)C)cc1. The third kappa shape index (κ3) is 7.88. The third-order valence-corrected chi connectivity index (χ3v) is 4.12.